The summed E-state index contributed by atoms with van der Waals surface area (Å²) in [7, 11) is 0. The molecule has 0 aliphatic carbocycles. The van der Waals surface area contributed by atoms with E-state index in [1.54, 1.807) is 0 Å². The van der Waals surface area contributed by atoms with Gasteiger partial charge < -0.3 is 9.64 Å². The molecule has 0 bridgehead atoms. The summed E-state index contributed by atoms with van der Waals surface area (Å²) < 4.78 is 5.49. The van der Waals surface area contributed by atoms with Gasteiger partial charge >= 0.3 is 0 Å². The van der Waals surface area contributed by atoms with Crippen LogP contribution in [0, 0.1) is 0 Å². The van der Waals surface area contributed by atoms with E-state index in [2.05, 4.69) is 4.90 Å². The molecule has 71 valence electrons. The van der Waals surface area contributed by atoms with Crippen LogP contribution in [0.15, 0.2) is 0 Å². The van der Waals surface area contributed by atoms with Crippen molar-refractivity contribution < 1.29 is 9.84 Å². The molecular formula is C9H18NO2. The summed E-state index contributed by atoms with van der Waals surface area (Å²) in [5, 5.41) is 10.2. The minimum absolute atomic E-state index is 0.0514. The third kappa shape index (κ3) is 3.09. The van der Waals surface area contributed by atoms with Crippen LogP contribution in [-0.2, 0) is 9.84 Å². The molecule has 12 heavy (non-hydrogen) atoms. The Balaban J connectivity index is 2.08. The fourth-order valence-electron chi connectivity index (χ4n) is 1.66. The molecule has 0 aromatic carbocycles. The van der Waals surface area contributed by atoms with Crippen LogP contribution in [0.1, 0.15) is 19.8 Å². The van der Waals surface area contributed by atoms with Gasteiger partial charge in [0.25, 0.3) is 0 Å². The maximum Gasteiger partial charge on any atom is 0.0834 e. The third-order valence-corrected chi connectivity index (χ3v) is 2.25. The Morgan fingerprint density at radius 1 is 1.58 bits per heavy atom. The number of likely N-dealkylation sites (tertiary alicyclic amines) is 1. The second kappa shape index (κ2) is 5.51. The minimum atomic E-state index is 0.0514. The van der Waals surface area contributed by atoms with Crippen molar-refractivity contribution in [2.45, 2.75) is 25.9 Å². The Hall–Kier alpha value is -0.120. The third-order valence-electron chi connectivity index (χ3n) is 2.25. The Bertz CT molecular complexity index is 119. The molecule has 3 heteroatoms. The number of nitrogens with zero attached hydrogens (tertiary/aromatic N) is 1. The fraction of sp³-hybridized carbons (Fsp3) is 1.00. The first-order valence-electron chi connectivity index (χ1n) is 4.79. The van der Waals surface area contributed by atoms with Crippen LogP contribution in [0.4, 0.5) is 0 Å². The van der Waals surface area contributed by atoms with Crippen LogP contribution in [0.3, 0.4) is 0 Å². The lowest BCUT2D eigenvalue weighted by Crippen LogP contribution is -2.24. The van der Waals surface area contributed by atoms with Gasteiger partial charge in [0.2, 0.25) is 0 Å². The maximum absolute atomic E-state index is 10.2. The topological polar surface area (TPSA) is 32.4 Å². The fourth-order valence-corrected chi connectivity index (χ4v) is 1.66. The first kappa shape index (κ1) is 9.96. The molecule has 3 nitrogen and oxygen atoms in total. The van der Waals surface area contributed by atoms with Crippen LogP contribution in [0.25, 0.3) is 0 Å². The van der Waals surface area contributed by atoms with Crippen LogP contribution >= 0.6 is 0 Å². The summed E-state index contributed by atoms with van der Waals surface area (Å²) in [5.41, 5.74) is 0. The molecule has 1 radical (unpaired) electrons. The number of rotatable bonds is 5. The van der Waals surface area contributed by atoms with E-state index in [4.69, 9.17) is 4.74 Å². The summed E-state index contributed by atoms with van der Waals surface area (Å²) in [6.45, 7) is 5.96. The van der Waals surface area contributed by atoms with Gasteiger partial charge in [0.15, 0.2) is 0 Å². The zero-order chi connectivity index (χ0) is 8.81. The van der Waals surface area contributed by atoms with Crippen LogP contribution in [0.2, 0.25) is 0 Å². The van der Waals surface area contributed by atoms with Crippen molar-refractivity contribution >= 4 is 0 Å². The summed E-state index contributed by atoms with van der Waals surface area (Å²) in [4.78, 5) is 2.32. The molecule has 1 atom stereocenters. The van der Waals surface area contributed by atoms with Crippen molar-refractivity contribution in [2.24, 2.45) is 0 Å². The molecule has 0 N–H and O–H groups in total. The molecule has 1 saturated heterocycles. The Morgan fingerprint density at radius 2 is 2.42 bits per heavy atom. The SMILES string of the molecule is CCOC1CCN(CCC[O])C1. The quantitative estimate of drug-likeness (QED) is 0.617. The van der Waals surface area contributed by atoms with Gasteiger partial charge in [-0.05, 0) is 19.8 Å². The van der Waals surface area contributed by atoms with Gasteiger partial charge in [0, 0.05) is 26.2 Å². The van der Waals surface area contributed by atoms with E-state index in [-0.39, 0.29) is 6.61 Å². The second-order valence-electron chi connectivity index (χ2n) is 3.22. The van der Waals surface area contributed by atoms with Crippen molar-refractivity contribution in [3.8, 4) is 0 Å². The number of ether oxygens (including phenoxy) is 1. The first-order valence-corrected chi connectivity index (χ1v) is 4.79. The van der Waals surface area contributed by atoms with Gasteiger partial charge in [-0.1, -0.05) is 0 Å². The Morgan fingerprint density at radius 3 is 3.08 bits per heavy atom. The number of hydrogen-bond acceptors (Lipinski definition) is 2. The predicted molar refractivity (Wildman–Crippen MR) is 46.6 cm³/mol. The van der Waals surface area contributed by atoms with Crippen molar-refractivity contribution in [3.63, 3.8) is 0 Å². The molecule has 1 unspecified atom stereocenters. The molecule has 1 fully saturated rings. The van der Waals surface area contributed by atoms with Gasteiger partial charge in [-0.25, -0.2) is 5.11 Å². The van der Waals surface area contributed by atoms with Crippen molar-refractivity contribution in [1.82, 2.24) is 4.90 Å². The van der Waals surface area contributed by atoms with Crippen LogP contribution in [0.5, 0.6) is 0 Å². The molecule has 0 aromatic rings. The highest BCUT2D eigenvalue weighted by Gasteiger charge is 2.21. The van der Waals surface area contributed by atoms with E-state index >= 15 is 0 Å². The maximum atomic E-state index is 10.2. The number of hydrogen-bond donors (Lipinski definition) is 0. The van der Waals surface area contributed by atoms with Crippen molar-refractivity contribution in [3.05, 3.63) is 0 Å². The first-order chi connectivity index (χ1) is 5.86. The average molecular weight is 172 g/mol. The zero-order valence-electron chi connectivity index (χ0n) is 7.79. The van der Waals surface area contributed by atoms with Crippen LogP contribution < -0.4 is 0 Å². The van der Waals surface area contributed by atoms with Crippen LogP contribution in [-0.4, -0.2) is 43.9 Å². The molecule has 0 amide bonds. The minimum Gasteiger partial charge on any atom is -0.377 e. The highest BCUT2D eigenvalue weighted by molar-refractivity contribution is 4.75. The summed E-state index contributed by atoms with van der Waals surface area (Å²) in [6.07, 6.45) is 2.33. The summed E-state index contributed by atoms with van der Waals surface area (Å²) in [6, 6.07) is 0. The van der Waals surface area contributed by atoms with E-state index < -0.39 is 0 Å². The lowest BCUT2D eigenvalue weighted by atomic mass is 10.3. The normalized spacial score (nSPS) is 25.0. The molecule has 1 rings (SSSR count). The second-order valence-corrected chi connectivity index (χ2v) is 3.22. The van der Waals surface area contributed by atoms with E-state index in [0.717, 1.165) is 39.1 Å². The van der Waals surface area contributed by atoms with Gasteiger partial charge in [0.05, 0.1) is 12.7 Å². The van der Waals surface area contributed by atoms with Gasteiger partial charge in [-0.3, -0.25) is 0 Å². The smallest absolute Gasteiger partial charge is 0.0834 e. The molecule has 1 aliphatic heterocycles. The molecule has 0 spiro atoms. The zero-order valence-corrected chi connectivity index (χ0v) is 7.79. The molecule has 1 aliphatic rings. The van der Waals surface area contributed by atoms with Gasteiger partial charge in [-0.2, -0.15) is 0 Å². The Labute approximate surface area is 74.3 Å². The van der Waals surface area contributed by atoms with Gasteiger partial charge in [-0.15, -0.1) is 0 Å². The monoisotopic (exact) mass is 172 g/mol. The highest BCUT2D eigenvalue weighted by atomic mass is 16.5. The molecule has 1 heterocycles. The van der Waals surface area contributed by atoms with E-state index in [1.165, 1.54) is 0 Å². The average Bonchev–Trinajstić information content (AvgIpc) is 2.50. The van der Waals surface area contributed by atoms with Crippen molar-refractivity contribution in [2.75, 3.05) is 32.8 Å². The lowest BCUT2D eigenvalue weighted by Gasteiger charge is -2.14. The van der Waals surface area contributed by atoms with E-state index in [0.29, 0.717) is 6.10 Å². The van der Waals surface area contributed by atoms with E-state index in [1.807, 2.05) is 6.92 Å². The standard InChI is InChI=1S/C9H18NO2/c1-2-12-9-4-6-10(8-9)5-3-7-11/h9H,2-8H2,1H3. The lowest BCUT2D eigenvalue weighted by molar-refractivity contribution is 0.0677. The highest BCUT2D eigenvalue weighted by Crippen LogP contribution is 2.12. The largest absolute Gasteiger partial charge is 0.377 e. The molecular weight excluding hydrogens is 154 g/mol. The predicted octanol–water partition coefficient (Wildman–Crippen LogP) is 0.918. The molecule has 0 saturated carbocycles. The molecule has 0 aromatic heterocycles. The van der Waals surface area contributed by atoms with E-state index in [9.17, 15) is 5.11 Å². The summed E-state index contributed by atoms with van der Waals surface area (Å²) >= 11 is 0. The van der Waals surface area contributed by atoms with Gasteiger partial charge in [0.1, 0.15) is 0 Å². The van der Waals surface area contributed by atoms with Crippen molar-refractivity contribution in [1.29, 1.82) is 0 Å². The Kier molecular flexibility index (Phi) is 4.58. The summed E-state index contributed by atoms with van der Waals surface area (Å²) in [5.74, 6) is 0.